The van der Waals surface area contributed by atoms with Gasteiger partial charge in [-0.1, -0.05) is 23.7 Å². The van der Waals surface area contributed by atoms with Crippen LogP contribution >= 0.6 is 11.6 Å². The summed E-state index contributed by atoms with van der Waals surface area (Å²) in [7, 11) is 1.56. The number of allylic oxidation sites excluding steroid dienone is 1. The quantitative estimate of drug-likeness (QED) is 0.282. The first kappa shape index (κ1) is 23.4. The third kappa shape index (κ3) is 4.92. The molecule has 7 heteroatoms. The number of anilines is 1. The van der Waals surface area contributed by atoms with E-state index in [0.717, 1.165) is 27.8 Å². The summed E-state index contributed by atoms with van der Waals surface area (Å²) in [6, 6.07) is 15.5. The molecule has 0 saturated carbocycles. The van der Waals surface area contributed by atoms with Crippen LogP contribution < -0.4 is 14.8 Å². The average Bonchev–Trinajstić information content (AvgIpc) is 3.24. The second-order valence-electron chi connectivity index (χ2n) is 7.60. The summed E-state index contributed by atoms with van der Waals surface area (Å²) in [4.78, 5) is 12.6. The van der Waals surface area contributed by atoms with Gasteiger partial charge < -0.3 is 19.2 Å². The van der Waals surface area contributed by atoms with E-state index < -0.39 is 5.82 Å². The average molecular weight is 480 g/mol. The van der Waals surface area contributed by atoms with Crippen molar-refractivity contribution in [1.82, 2.24) is 0 Å². The second-order valence-corrected chi connectivity index (χ2v) is 8.01. The number of fused-ring (bicyclic) bond motifs is 1. The van der Waals surface area contributed by atoms with E-state index in [-0.39, 0.29) is 10.9 Å². The van der Waals surface area contributed by atoms with Gasteiger partial charge in [0.2, 0.25) is 5.91 Å². The highest BCUT2D eigenvalue weighted by Gasteiger charge is 2.15. The Morgan fingerprint density at radius 3 is 2.59 bits per heavy atom. The van der Waals surface area contributed by atoms with Gasteiger partial charge in [0.25, 0.3) is 0 Å². The summed E-state index contributed by atoms with van der Waals surface area (Å²) < 4.78 is 30.2. The van der Waals surface area contributed by atoms with E-state index in [4.69, 9.17) is 25.5 Å². The first-order valence-electron chi connectivity index (χ1n) is 10.7. The molecule has 0 bridgehead atoms. The number of methoxy groups -OCH3 is 1. The van der Waals surface area contributed by atoms with Crippen molar-refractivity contribution in [2.75, 3.05) is 19.0 Å². The third-order valence-corrected chi connectivity index (χ3v) is 5.62. The van der Waals surface area contributed by atoms with Gasteiger partial charge in [0.15, 0.2) is 0 Å². The van der Waals surface area contributed by atoms with Crippen LogP contribution in [0.25, 0.3) is 27.7 Å². The van der Waals surface area contributed by atoms with Crippen molar-refractivity contribution in [1.29, 1.82) is 0 Å². The van der Waals surface area contributed by atoms with Gasteiger partial charge in [0.05, 0.1) is 25.0 Å². The van der Waals surface area contributed by atoms with Crippen molar-refractivity contribution < 1.29 is 23.1 Å². The molecule has 0 saturated heterocycles. The van der Waals surface area contributed by atoms with Crippen molar-refractivity contribution in [2.24, 2.45) is 0 Å². The van der Waals surface area contributed by atoms with E-state index in [1.165, 1.54) is 24.3 Å². The topological polar surface area (TPSA) is 60.7 Å². The molecule has 0 aliphatic rings. The summed E-state index contributed by atoms with van der Waals surface area (Å²) in [6.45, 7) is 4.36. The van der Waals surface area contributed by atoms with Gasteiger partial charge in [-0.15, -0.1) is 0 Å². The molecule has 0 unspecified atom stereocenters. The standard InChI is InChI=1S/C27H23ClFNO4/c1-4-33-19-8-5-17(6-9-19)22-15-34-26-14-25(32-3)20(13-21(22)26)16(2)11-27(31)30-18-7-10-24(29)23(28)12-18/h5-15H,4H2,1-3H3,(H,30,31)/b16-11+. The van der Waals surface area contributed by atoms with Gasteiger partial charge in [-0.3, -0.25) is 4.79 Å². The molecular formula is C27H23ClFNO4. The number of carbonyl (C=O) groups excluding carboxylic acids is 1. The van der Waals surface area contributed by atoms with Gasteiger partial charge >= 0.3 is 0 Å². The molecule has 1 N–H and O–H groups in total. The maximum atomic E-state index is 13.4. The van der Waals surface area contributed by atoms with Crippen LogP contribution in [0.2, 0.25) is 5.02 Å². The van der Waals surface area contributed by atoms with Crippen LogP contribution in [0.15, 0.2) is 71.4 Å². The number of rotatable bonds is 7. The van der Waals surface area contributed by atoms with Crippen LogP contribution in [0.4, 0.5) is 10.1 Å². The van der Waals surface area contributed by atoms with E-state index in [2.05, 4.69) is 5.32 Å². The molecule has 1 heterocycles. The molecule has 0 aliphatic heterocycles. The zero-order valence-corrected chi connectivity index (χ0v) is 19.7. The van der Waals surface area contributed by atoms with Gasteiger partial charge in [0.1, 0.15) is 22.9 Å². The third-order valence-electron chi connectivity index (χ3n) is 5.33. The van der Waals surface area contributed by atoms with E-state index in [1.54, 1.807) is 19.4 Å². The number of benzene rings is 3. The molecule has 1 amide bonds. The Labute approximate surface area is 201 Å². The number of carbonyl (C=O) groups is 1. The largest absolute Gasteiger partial charge is 0.496 e. The SMILES string of the molecule is CCOc1ccc(-c2coc3cc(OC)c(/C(C)=C/C(=O)Nc4ccc(F)c(Cl)c4)cc23)cc1. The highest BCUT2D eigenvalue weighted by molar-refractivity contribution is 6.31. The first-order valence-corrected chi connectivity index (χ1v) is 11.0. The number of ether oxygens (including phenoxy) is 2. The summed E-state index contributed by atoms with van der Waals surface area (Å²) in [5.74, 6) is 0.453. The lowest BCUT2D eigenvalue weighted by molar-refractivity contribution is -0.111. The summed E-state index contributed by atoms with van der Waals surface area (Å²) in [5.41, 5.74) is 4.39. The number of furan rings is 1. The monoisotopic (exact) mass is 479 g/mol. The lowest BCUT2D eigenvalue weighted by Gasteiger charge is -2.10. The fourth-order valence-corrected chi connectivity index (χ4v) is 3.86. The first-order chi connectivity index (χ1) is 16.4. The van der Waals surface area contributed by atoms with Crippen molar-refractivity contribution in [3.05, 3.63) is 83.3 Å². The van der Waals surface area contributed by atoms with Crippen LogP contribution in [-0.4, -0.2) is 19.6 Å². The highest BCUT2D eigenvalue weighted by atomic mass is 35.5. The maximum Gasteiger partial charge on any atom is 0.248 e. The number of nitrogens with one attached hydrogen (secondary N) is 1. The van der Waals surface area contributed by atoms with Crippen molar-refractivity contribution in [2.45, 2.75) is 13.8 Å². The summed E-state index contributed by atoms with van der Waals surface area (Å²) >= 11 is 5.80. The van der Waals surface area contributed by atoms with Gasteiger partial charge in [-0.2, -0.15) is 0 Å². The summed E-state index contributed by atoms with van der Waals surface area (Å²) in [5, 5.41) is 3.52. The van der Waals surface area contributed by atoms with E-state index in [1.807, 2.05) is 44.2 Å². The molecule has 3 aromatic carbocycles. The van der Waals surface area contributed by atoms with Crippen molar-refractivity contribution >= 4 is 39.7 Å². The zero-order chi connectivity index (χ0) is 24.2. The Balaban J connectivity index is 1.67. The van der Waals surface area contributed by atoms with E-state index >= 15 is 0 Å². The van der Waals surface area contributed by atoms with Gasteiger partial charge in [-0.05, 0) is 61.4 Å². The second kappa shape index (κ2) is 10.0. The molecule has 0 atom stereocenters. The zero-order valence-electron chi connectivity index (χ0n) is 18.9. The molecule has 0 fully saturated rings. The van der Waals surface area contributed by atoms with E-state index in [9.17, 15) is 9.18 Å². The minimum Gasteiger partial charge on any atom is -0.496 e. The molecular weight excluding hydrogens is 457 g/mol. The smallest absolute Gasteiger partial charge is 0.248 e. The molecule has 1 aromatic heterocycles. The number of hydrogen-bond donors (Lipinski definition) is 1. The molecule has 0 aliphatic carbocycles. The lowest BCUT2D eigenvalue weighted by atomic mass is 9.99. The minimum absolute atomic E-state index is 0.0626. The van der Waals surface area contributed by atoms with Crippen LogP contribution in [-0.2, 0) is 4.79 Å². The molecule has 174 valence electrons. The minimum atomic E-state index is -0.548. The van der Waals surface area contributed by atoms with Crippen LogP contribution in [0, 0.1) is 5.82 Å². The number of halogens is 2. The molecule has 4 aromatic rings. The molecule has 0 spiro atoms. The predicted molar refractivity (Wildman–Crippen MR) is 133 cm³/mol. The molecule has 0 radical (unpaired) electrons. The predicted octanol–water partition coefficient (Wildman–Crippen LogP) is 7.34. The summed E-state index contributed by atoms with van der Waals surface area (Å²) in [6.07, 6.45) is 3.16. The number of hydrogen-bond acceptors (Lipinski definition) is 4. The fraction of sp³-hybridized carbons (Fsp3) is 0.148. The molecule has 5 nitrogen and oxygen atoms in total. The van der Waals surface area contributed by atoms with Crippen molar-refractivity contribution in [3.63, 3.8) is 0 Å². The Morgan fingerprint density at radius 1 is 1.15 bits per heavy atom. The van der Waals surface area contributed by atoms with Gasteiger partial charge in [-0.25, -0.2) is 4.39 Å². The highest BCUT2D eigenvalue weighted by Crippen LogP contribution is 2.37. The Morgan fingerprint density at radius 2 is 1.91 bits per heavy atom. The number of amides is 1. The Hall–Kier alpha value is -3.77. The normalized spacial score (nSPS) is 11.5. The molecule has 34 heavy (non-hydrogen) atoms. The fourth-order valence-electron chi connectivity index (χ4n) is 3.68. The lowest BCUT2D eigenvalue weighted by Crippen LogP contribution is -2.08. The Kier molecular flexibility index (Phi) is 6.89. The van der Waals surface area contributed by atoms with Crippen molar-refractivity contribution in [3.8, 4) is 22.6 Å². The maximum absolute atomic E-state index is 13.4. The molecule has 4 rings (SSSR count). The van der Waals surface area contributed by atoms with Crippen LogP contribution in [0.5, 0.6) is 11.5 Å². The van der Waals surface area contributed by atoms with Crippen LogP contribution in [0.1, 0.15) is 19.4 Å². The van der Waals surface area contributed by atoms with E-state index in [0.29, 0.717) is 29.2 Å². The Bertz CT molecular complexity index is 1380. The van der Waals surface area contributed by atoms with Gasteiger partial charge in [0, 0.05) is 34.3 Å². The van der Waals surface area contributed by atoms with Crippen LogP contribution in [0.3, 0.4) is 0 Å².